The number of carboxylic acid groups (broad SMARTS) is 1. The predicted molar refractivity (Wildman–Crippen MR) is 144 cm³/mol. The van der Waals surface area contributed by atoms with Crippen LogP contribution in [-0.4, -0.2) is 30.2 Å². The van der Waals surface area contributed by atoms with Crippen LogP contribution in [0.1, 0.15) is 43.2 Å². The van der Waals surface area contributed by atoms with E-state index in [0.29, 0.717) is 19.8 Å². The van der Waals surface area contributed by atoms with Gasteiger partial charge in [0.05, 0.1) is 6.54 Å². The molecule has 1 amide bonds. The lowest BCUT2D eigenvalue weighted by Gasteiger charge is -2.30. The number of hydrogen-bond acceptors (Lipinski definition) is 4. The summed E-state index contributed by atoms with van der Waals surface area (Å²) in [5.74, 6) is 0.676. The van der Waals surface area contributed by atoms with Gasteiger partial charge in [0, 0.05) is 17.7 Å². The molecule has 1 saturated carbocycles. The molecule has 1 aliphatic carbocycles. The van der Waals surface area contributed by atoms with Crippen molar-refractivity contribution in [2.24, 2.45) is 5.92 Å². The van der Waals surface area contributed by atoms with Crippen LogP contribution in [0.4, 0.5) is 5.69 Å². The van der Waals surface area contributed by atoms with Crippen LogP contribution in [0.3, 0.4) is 0 Å². The van der Waals surface area contributed by atoms with E-state index in [9.17, 15) is 9.59 Å². The molecule has 3 aromatic rings. The number of carbonyl (C=O) groups is 2. The standard InChI is InChI=1S/C31H31NO5/c33-30(34)16-11-22-5-4-8-27(19-22)32(31(35)25-6-2-1-3-7-25)21-23-9-12-24(13-10-23)26-14-15-28-29(20-26)37-18-17-36-28/h4-5,8-16,19-20,25H,1-3,6-7,17-18,21H2,(H,33,34)/b16-11+. The number of hydrogen-bond donors (Lipinski definition) is 1. The van der Waals surface area contributed by atoms with Crippen molar-refractivity contribution in [2.45, 2.75) is 38.6 Å². The Labute approximate surface area is 217 Å². The zero-order valence-electron chi connectivity index (χ0n) is 20.8. The third-order valence-electron chi connectivity index (χ3n) is 6.99. The highest BCUT2D eigenvalue weighted by atomic mass is 16.6. The molecule has 3 aromatic carbocycles. The van der Waals surface area contributed by atoms with Gasteiger partial charge in [0.15, 0.2) is 11.5 Å². The highest BCUT2D eigenvalue weighted by molar-refractivity contribution is 5.95. The lowest BCUT2D eigenvalue weighted by atomic mass is 9.88. The number of anilines is 1. The number of benzene rings is 3. The molecular weight excluding hydrogens is 466 g/mol. The maximum Gasteiger partial charge on any atom is 0.328 e. The van der Waals surface area contributed by atoms with Gasteiger partial charge in [0.2, 0.25) is 5.91 Å². The van der Waals surface area contributed by atoms with E-state index in [1.54, 1.807) is 6.08 Å². The highest BCUT2D eigenvalue weighted by Gasteiger charge is 2.27. The molecule has 190 valence electrons. The minimum absolute atomic E-state index is 0.0176. The van der Waals surface area contributed by atoms with Crippen molar-refractivity contribution in [2.75, 3.05) is 18.1 Å². The monoisotopic (exact) mass is 497 g/mol. The van der Waals surface area contributed by atoms with Crippen LogP contribution in [0.25, 0.3) is 17.2 Å². The zero-order chi connectivity index (χ0) is 25.6. The van der Waals surface area contributed by atoms with Gasteiger partial charge >= 0.3 is 5.97 Å². The van der Waals surface area contributed by atoms with Gasteiger partial charge in [-0.2, -0.15) is 0 Å². The Kier molecular flexibility index (Phi) is 7.54. The Bertz CT molecular complexity index is 1290. The first kappa shape index (κ1) is 24.6. The summed E-state index contributed by atoms with van der Waals surface area (Å²) in [6.07, 6.45) is 7.83. The smallest absolute Gasteiger partial charge is 0.328 e. The van der Waals surface area contributed by atoms with E-state index in [0.717, 1.165) is 71.2 Å². The number of fused-ring (bicyclic) bond motifs is 1. The fourth-order valence-electron chi connectivity index (χ4n) is 5.04. The average molecular weight is 498 g/mol. The number of ether oxygens (including phenoxy) is 2. The van der Waals surface area contributed by atoms with Gasteiger partial charge in [-0.25, -0.2) is 4.79 Å². The van der Waals surface area contributed by atoms with E-state index < -0.39 is 5.97 Å². The summed E-state index contributed by atoms with van der Waals surface area (Å²) in [5.41, 5.74) is 4.65. The van der Waals surface area contributed by atoms with Crippen molar-refractivity contribution >= 4 is 23.6 Å². The number of carboxylic acids is 1. The van der Waals surface area contributed by atoms with E-state index >= 15 is 0 Å². The minimum Gasteiger partial charge on any atom is -0.486 e. The molecule has 1 aliphatic heterocycles. The topological polar surface area (TPSA) is 76.1 Å². The highest BCUT2D eigenvalue weighted by Crippen LogP contribution is 2.35. The maximum absolute atomic E-state index is 13.7. The molecule has 0 aromatic heterocycles. The second kappa shape index (κ2) is 11.3. The van der Waals surface area contributed by atoms with E-state index in [1.807, 2.05) is 47.4 Å². The van der Waals surface area contributed by atoms with Crippen molar-refractivity contribution in [1.82, 2.24) is 0 Å². The first-order chi connectivity index (χ1) is 18.1. The molecule has 0 unspecified atom stereocenters. The molecule has 6 nitrogen and oxygen atoms in total. The van der Waals surface area contributed by atoms with Gasteiger partial charge < -0.3 is 19.5 Å². The third-order valence-corrected chi connectivity index (χ3v) is 6.99. The molecule has 5 rings (SSSR count). The molecule has 0 saturated heterocycles. The summed E-state index contributed by atoms with van der Waals surface area (Å²) in [6, 6.07) is 21.7. The molecule has 1 N–H and O–H groups in total. The Morgan fingerprint density at radius 3 is 2.35 bits per heavy atom. The van der Waals surface area contributed by atoms with Gasteiger partial charge in [-0.15, -0.1) is 0 Å². The second-order valence-electron chi connectivity index (χ2n) is 9.58. The average Bonchev–Trinajstić information content (AvgIpc) is 2.95. The van der Waals surface area contributed by atoms with Crippen LogP contribution in [-0.2, 0) is 16.1 Å². The largest absolute Gasteiger partial charge is 0.486 e. The number of rotatable bonds is 7. The lowest BCUT2D eigenvalue weighted by molar-refractivity contribution is -0.131. The first-order valence-corrected chi connectivity index (χ1v) is 12.9. The van der Waals surface area contributed by atoms with Crippen molar-refractivity contribution in [3.8, 4) is 22.6 Å². The van der Waals surface area contributed by atoms with Crippen molar-refractivity contribution < 1.29 is 24.2 Å². The predicted octanol–water partition coefficient (Wildman–Crippen LogP) is 6.34. The van der Waals surface area contributed by atoms with Gasteiger partial charge in [0.25, 0.3) is 0 Å². The number of nitrogens with zero attached hydrogens (tertiary/aromatic N) is 1. The summed E-state index contributed by atoms with van der Waals surface area (Å²) < 4.78 is 11.4. The summed E-state index contributed by atoms with van der Waals surface area (Å²) in [5, 5.41) is 9.01. The number of amides is 1. The third kappa shape index (κ3) is 6.02. The van der Waals surface area contributed by atoms with E-state index in [4.69, 9.17) is 14.6 Å². The number of carbonyl (C=O) groups excluding carboxylic acids is 1. The molecule has 2 aliphatic rings. The molecule has 0 bridgehead atoms. The Balaban J connectivity index is 1.40. The quantitative estimate of drug-likeness (QED) is 0.386. The fourth-order valence-corrected chi connectivity index (χ4v) is 5.04. The van der Waals surface area contributed by atoms with Gasteiger partial charge in [0.1, 0.15) is 13.2 Å². The molecule has 1 heterocycles. The minimum atomic E-state index is -1.00. The van der Waals surface area contributed by atoms with Crippen molar-refractivity contribution in [3.63, 3.8) is 0 Å². The lowest BCUT2D eigenvalue weighted by Crippen LogP contribution is -2.36. The fraction of sp³-hybridized carbons (Fsp3) is 0.290. The molecule has 6 heteroatoms. The maximum atomic E-state index is 13.7. The second-order valence-corrected chi connectivity index (χ2v) is 9.58. The van der Waals surface area contributed by atoms with Crippen LogP contribution in [0.2, 0.25) is 0 Å². The first-order valence-electron chi connectivity index (χ1n) is 12.9. The van der Waals surface area contributed by atoms with Crippen molar-refractivity contribution in [1.29, 1.82) is 0 Å². The van der Waals surface area contributed by atoms with Crippen LogP contribution in [0.5, 0.6) is 11.5 Å². The van der Waals surface area contributed by atoms with Crippen molar-refractivity contribution in [3.05, 3.63) is 83.9 Å². The van der Waals surface area contributed by atoms with E-state index in [-0.39, 0.29) is 11.8 Å². The summed E-state index contributed by atoms with van der Waals surface area (Å²) in [7, 11) is 0. The molecule has 0 radical (unpaired) electrons. The van der Waals surface area contributed by atoms with Crippen LogP contribution in [0.15, 0.2) is 72.8 Å². The van der Waals surface area contributed by atoms with Crippen LogP contribution >= 0.6 is 0 Å². The molecular formula is C31H31NO5. The SMILES string of the molecule is O=C(O)/C=C/c1cccc(N(Cc2ccc(-c3ccc4c(c3)OCCO4)cc2)C(=O)C2CCCCC2)c1. The molecule has 1 fully saturated rings. The summed E-state index contributed by atoms with van der Waals surface area (Å²) in [6.45, 7) is 1.56. The molecule has 0 spiro atoms. The van der Waals surface area contributed by atoms with E-state index in [1.165, 1.54) is 6.42 Å². The summed E-state index contributed by atoms with van der Waals surface area (Å²) in [4.78, 5) is 26.5. The summed E-state index contributed by atoms with van der Waals surface area (Å²) >= 11 is 0. The Morgan fingerprint density at radius 2 is 1.59 bits per heavy atom. The zero-order valence-corrected chi connectivity index (χ0v) is 20.8. The van der Waals surface area contributed by atoms with Gasteiger partial charge in [-0.1, -0.05) is 61.7 Å². The van der Waals surface area contributed by atoms with Gasteiger partial charge in [-0.3, -0.25) is 4.79 Å². The van der Waals surface area contributed by atoms with Crippen LogP contribution in [0, 0.1) is 5.92 Å². The Hall–Kier alpha value is -4.06. The number of aliphatic carboxylic acids is 1. The van der Waals surface area contributed by atoms with Crippen LogP contribution < -0.4 is 14.4 Å². The van der Waals surface area contributed by atoms with E-state index in [2.05, 4.69) is 24.3 Å². The normalized spacial score (nSPS) is 15.5. The Morgan fingerprint density at radius 1 is 0.865 bits per heavy atom. The molecule has 37 heavy (non-hydrogen) atoms. The van der Waals surface area contributed by atoms with Gasteiger partial charge in [-0.05, 0) is 65.4 Å². The molecule has 0 atom stereocenters.